The molecule has 0 bridgehead atoms. The summed E-state index contributed by atoms with van der Waals surface area (Å²) in [6.07, 6.45) is -0.709. The third-order valence-electron chi connectivity index (χ3n) is 4.64. The van der Waals surface area contributed by atoms with Crippen LogP contribution in [0.15, 0.2) is 36.4 Å². The number of hydrogen-bond acceptors (Lipinski definition) is 6. The molecule has 0 saturated carbocycles. The minimum absolute atomic E-state index is 0.0790. The number of nitrogens with two attached hydrogens (primary N) is 1. The van der Waals surface area contributed by atoms with Crippen LogP contribution in [0, 0.1) is 5.92 Å². The van der Waals surface area contributed by atoms with Crippen LogP contribution in [-0.4, -0.2) is 35.6 Å². The Labute approximate surface area is 170 Å². The molecule has 2 aromatic rings. The van der Waals surface area contributed by atoms with E-state index >= 15 is 0 Å². The maximum atomic E-state index is 13.1. The molecule has 8 nitrogen and oxygen atoms in total. The Bertz CT molecular complexity index is 915. The molecule has 29 heavy (non-hydrogen) atoms. The highest BCUT2D eigenvalue weighted by Gasteiger charge is 2.41. The molecule has 0 spiro atoms. The van der Waals surface area contributed by atoms with Crippen molar-refractivity contribution in [2.24, 2.45) is 5.92 Å². The van der Waals surface area contributed by atoms with Crippen molar-refractivity contribution in [2.45, 2.75) is 39.8 Å². The number of anilines is 3. The number of carbonyl (C=O) groups is 2. The number of rotatable bonds is 6. The fourth-order valence-electron chi connectivity index (χ4n) is 3.14. The van der Waals surface area contributed by atoms with Gasteiger partial charge < -0.3 is 20.5 Å². The van der Waals surface area contributed by atoms with Crippen LogP contribution in [-0.2, 0) is 9.59 Å². The molecule has 154 valence electrons. The first-order valence-corrected chi connectivity index (χ1v) is 9.62. The number of pyridine rings is 1. The highest BCUT2D eigenvalue weighted by molar-refractivity contribution is 6.07. The van der Waals surface area contributed by atoms with E-state index in [4.69, 9.17) is 15.2 Å². The molecule has 3 rings (SSSR count). The average Bonchev–Trinajstić information content (AvgIpc) is 2.68. The molecule has 1 aliphatic rings. The van der Waals surface area contributed by atoms with Crippen molar-refractivity contribution in [1.82, 2.24) is 4.98 Å². The third kappa shape index (κ3) is 4.11. The highest BCUT2D eigenvalue weighted by Crippen LogP contribution is 2.36. The van der Waals surface area contributed by atoms with E-state index in [-0.39, 0.29) is 29.4 Å². The van der Waals surface area contributed by atoms with E-state index < -0.39 is 12.1 Å². The van der Waals surface area contributed by atoms with Gasteiger partial charge in [-0.25, -0.2) is 4.98 Å². The monoisotopic (exact) mass is 398 g/mol. The molecule has 0 fully saturated rings. The first kappa shape index (κ1) is 20.4. The Hall–Kier alpha value is -3.29. The number of hydrogen-bond donors (Lipinski definition) is 2. The molecule has 2 heterocycles. The number of ether oxygens (including phenoxy) is 2. The zero-order valence-corrected chi connectivity index (χ0v) is 17.0. The van der Waals surface area contributed by atoms with Crippen molar-refractivity contribution in [2.75, 3.05) is 22.6 Å². The molecular formula is C21H26N4O4. The fourth-order valence-corrected chi connectivity index (χ4v) is 3.14. The normalized spacial score (nSPS) is 16.8. The van der Waals surface area contributed by atoms with Crippen LogP contribution in [0.25, 0.3) is 0 Å². The second kappa shape index (κ2) is 8.38. The quantitative estimate of drug-likeness (QED) is 0.775. The van der Waals surface area contributed by atoms with Gasteiger partial charge in [0, 0.05) is 0 Å². The number of benzene rings is 1. The Balaban J connectivity index is 1.92. The van der Waals surface area contributed by atoms with E-state index in [1.54, 1.807) is 37.3 Å². The van der Waals surface area contributed by atoms with E-state index in [9.17, 15) is 9.59 Å². The summed E-state index contributed by atoms with van der Waals surface area (Å²) >= 11 is 0. The number of fused-ring (bicyclic) bond motifs is 1. The number of aromatic nitrogens is 1. The Morgan fingerprint density at radius 2 is 2.00 bits per heavy atom. The van der Waals surface area contributed by atoms with E-state index in [1.165, 1.54) is 4.90 Å². The lowest BCUT2D eigenvalue weighted by atomic mass is 10.0. The molecule has 0 saturated heterocycles. The van der Waals surface area contributed by atoms with Gasteiger partial charge in [0.05, 0.1) is 12.3 Å². The van der Waals surface area contributed by atoms with Crippen LogP contribution in [0.5, 0.6) is 11.5 Å². The first-order chi connectivity index (χ1) is 13.8. The number of nitrogens with one attached hydrogen (secondary N) is 1. The summed E-state index contributed by atoms with van der Waals surface area (Å²) in [5, 5.41) is 2.84. The van der Waals surface area contributed by atoms with Gasteiger partial charge >= 0.3 is 0 Å². The maximum Gasteiger partial charge on any atom is 0.270 e. The van der Waals surface area contributed by atoms with Crippen molar-refractivity contribution in [3.05, 3.63) is 36.4 Å². The fraction of sp³-hybridized carbons (Fsp3) is 0.381. The van der Waals surface area contributed by atoms with Gasteiger partial charge in [0.2, 0.25) is 5.91 Å². The van der Waals surface area contributed by atoms with Crippen LogP contribution in [0.1, 0.15) is 27.7 Å². The highest BCUT2D eigenvalue weighted by atomic mass is 16.5. The average molecular weight is 398 g/mol. The van der Waals surface area contributed by atoms with Crippen molar-refractivity contribution in [3.63, 3.8) is 0 Å². The van der Waals surface area contributed by atoms with Gasteiger partial charge in [-0.3, -0.25) is 14.5 Å². The van der Waals surface area contributed by atoms with Gasteiger partial charge in [-0.2, -0.15) is 0 Å². The van der Waals surface area contributed by atoms with Crippen LogP contribution < -0.4 is 25.4 Å². The Morgan fingerprint density at radius 1 is 1.28 bits per heavy atom. The minimum atomic E-state index is -0.838. The molecule has 3 N–H and O–H groups in total. The first-order valence-electron chi connectivity index (χ1n) is 9.62. The van der Waals surface area contributed by atoms with Gasteiger partial charge in [0.1, 0.15) is 17.6 Å². The zero-order valence-electron chi connectivity index (χ0n) is 17.0. The van der Waals surface area contributed by atoms with E-state index in [1.807, 2.05) is 26.8 Å². The summed E-state index contributed by atoms with van der Waals surface area (Å²) in [7, 11) is 0. The molecule has 1 aromatic heterocycles. The number of amides is 2. The van der Waals surface area contributed by atoms with E-state index in [0.717, 1.165) is 0 Å². The summed E-state index contributed by atoms with van der Waals surface area (Å²) in [6.45, 7) is 7.76. The second-order valence-electron chi connectivity index (χ2n) is 7.14. The van der Waals surface area contributed by atoms with Crippen LogP contribution >= 0.6 is 0 Å². The largest absolute Gasteiger partial charge is 0.492 e. The predicted octanol–water partition coefficient (Wildman–Crippen LogP) is 2.84. The topological polar surface area (TPSA) is 107 Å². The lowest BCUT2D eigenvalue weighted by molar-refractivity contribution is -0.130. The SMILES string of the molecule is CCOc1ccccc1NC(=O)C(C)N1C(=O)C(C(C)C)Oc2ccc(N)nc21. The standard InChI is InChI=1S/C21H26N4O4/c1-5-28-15-9-7-6-8-14(15)23-20(26)13(4)25-19-16(10-11-17(22)24-19)29-18(12(2)3)21(25)27/h6-13,18H,5H2,1-4H3,(H2,22,24)(H,23,26). The van der Waals surface area contributed by atoms with Gasteiger partial charge in [-0.05, 0) is 44.0 Å². The van der Waals surface area contributed by atoms with Crippen molar-refractivity contribution >= 4 is 29.1 Å². The zero-order chi connectivity index (χ0) is 21.1. The lowest BCUT2D eigenvalue weighted by Gasteiger charge is -2.37. The Kier molecular flexibility index (Phi) is 5.91. The maximum absolute atomic E-state index is 13.1. The summed E-state index contributed by atoms with van der Waals surface area (Å²) in [5.41, 5.74) is 6.35. The summed E-state index contributed by atoms with van der Waals surface area (Å²) in [6, 6.07) is 9.58. The smallest absolute Gasteiger partial charge is 0.270 e. The molecule has 2 amide bonds. The minimum Gasteiger partial charge on any atom is -0.492 e. The molecule has 2 unspecified atom stereocenters. The molecular weight excluding hydrogens is 372 g/mol. The van der Waals surface area contributed by atoms with Crippen LogP contribution in [0.2, 0.25) is 0 Å². The van der Waals surface area contributed by atoms with Gasteiger partial charge in [-0.1, -0.05) is 26.0 Å². The van der Waals surface area contributed by atoms with Crippen molar-refractivity contribution in [1.29, 1.82) is 0 Å². The van der Waals surface area contributed by atoms with Crippen LogP contribution in [0.4, 0.5) is 17.3 Å². The number of nitrogens with zero attached hydrogens (tertiary/aromatic N) is 2. The summed E-state index contributed by atoms with van der Waals surface area (Å²) < 4.78 is 11.4. The predicted molar refractivity (Wildman–Crippen MR) is 111 cm³/mol. The van der Waals surface area contributed by atoms with Gasteiger partial charge in [-0.15, -0.1) is 0 Å². The molecule has 8 heteroatoms. The van der Waals surface area contributed by atoms with E-state index in [2.05, 4.69) is 10.3 Å². The Morgan fingerprint density at radius 3 is 2.69 bits per heavy atom. The summed E-state index contributed by atoms with van der Waals surface area (Å²) in [5.74, 6) is 0.690. The molecule has 2 atom stereocenters. The molecule has 1 aliphatic heterocycles. The van der Waals surface area contributed by atoms with Gasteiger partial charge in [0.25, 0.3) is 5.91 Å². The van der Waals surface area contributed by atoms with E-state index in [0.29, 0.717) is 23.8 Å². The molecule has 1 aromatic carbocycles. The summed E-state index contributed by atoms with van der Waals surface area (Å²) in [4.78, 5) is 31.8. The number of nitrogen functional groups attached to an aromatic ring is 1. The molecule has 0 aliphatic carbocycles. The molecule has 0 radical (unpaired) electrons. The lowest BCUT2D eigenvalue weighted by Crippen LogP contribution is -2.55. The number of carbonyl (C=O) groups excluding carboxylic acids is 2. The van der Waals surface area contributed by atoms with Crippen molar-refractivity contribution < 1.29 is 19.1 Å². The second-order valence-corrected chi connectivity index (χ2v) is 7.14. The van der Waals surface area contributed by atoms with Gasteiger partial charge in [0.15, 0.2) is 17.7 Å². The third-order valence-corrected chi connectivity index (χ3v) is 4.64. The van der Waals surface area contributed by atoms with Crippen molar-refractivity contribution in [3.8, 4) is 11.5 Å². The van der Waals surface area contributed by atoms with Crippen LogP contribution in [0.3, 0.4) is 0 Å². The number of para-hydroxylation sites is 2.